The Labute approximate surface area is 84.6 Å². The van der Waals surface area contributed by atoms with Crippen molar-refractivity contribution in [1.82, 2.24) is 0 Å². The van der Waals surface area contributed by atoms with Gasteiger partial charge in [-0.15, -0.1) is 0 Å². The first-order chi connectivity index (χ1) is 6.84. The lowest BCUT2D eigenvalue weighted by Gasteiger charge is -2.06. The number of fused-ring (bicyclic) bond motifs is 1. The van der Waals surface area contributed by atoms with Crippen LogP contribution in [0.15, 0.2) is 36.4 Å². The lowest BCUT2D eigenvalue weighted by atomic mass is 9.98. The van der Waals surface area contributed by atoms with Crippen molar-refractivity contribution in [1.29, 1.82) is 0 Å². The van der Waals surface area contributed by atoms with Crippen molar-refractivity contribution in [2.75, 3.05) is 0 Å². The topological polar surface area (TPSA) is 0 Å². The van der Waals surface area contributed by atoms with Gasteiger partial charge in [0, 0.05) is 0 Å². The van der Waals surface area contributed by atoms with Crippen LogP contribution in [-0.2, 0) is 0 Å². The molecule has 0 heterocycles. The van der Waals surface area contributed by atoms with Crippen LogP contribution in [0.3, 0.4) is 0 Å². The van der Waals surface area contributed by atoms with E-state index in [-0.39, 0.29) is 0 Å². The largest absolute Gasteiger partial charge is 0.0616 e. The van der Waals surface area contributed by atoms with Crippen LogP contribution >= 0.6 is 0 Å². The Morgan fingerprint density at radius 3 is 2.64 bits per heavy atom. The van der Waals surface area contributed by atoms with Crippen LogP contribution in [0.1, 0.15) is 29.9 Å². The molecule has 0 unspecified atom stereocenters. The van der Waals surface area contributed by atoms with Gasteiger partial charge < -0.3 is 0 Å². The molecule has 14 heavy (non-hydrogen) atoms. The summed E-state index contributed by atoms with van der Waals surface area (Å²) in [6, 6.07) is 13.4. The van der Waals surface area contributed by atoms with E-state index < -0.39 is 0 Å². The number of aryl methyl sites for hydroxylation is 1. The average molecular weight is 182 g/mol. The van der Waals surface area contributed by atoms with E-state index in [0.717, 1.165) is 5.92 Å². The summed E-state index contributed by atoms with van der Waals surface area (Å²) in [7, 11) is 0. The van der Waals surface area contributed by atoms with E-state index in [2.05, 4.69) is 43.3 Å². The van der Waals surface area contributed by atoms with Gasteiger partial charge in [0.05, 0.1) is 0 Å². The third-order valence-corrected chi connectivity index (χ3v) is 3.06. The van der Waals surface area contributed by atoms with Crippen LogP contribution in [0.5, 0.6) is 0 Å². The molecule has 0 spiro atoms. The molecule has 70 valence electrons. The quantitative estimate of drug-likeness (QED) is 0.624. The molecule has 3 rings (SSSR count). The average Bonchev–Trinajstić information content (AvgIpc) is 2.99. The molecule has 0 saturated heterocycles. The fourth-order valence-electron chi connectivity index (χ4n) is 2.23. The van der Waals surface area contributed by atoms with Crippen LogP contribution in [0.25, 0.3) is 10.8 Å². The summed E-state index contributed by atoms with van der Waals surface area (Å²) >= 11 is 0. The number of rotatable bonds is 1. The lowest BCUT2D eigenvalue weighted by Crippen LogP contribution is -1.85. The smallest absolute Gasteiger partial charge is 0.0149 e. The first-order valence-electron chi connectivity index (χ1n) is 5.34. The Bertz CT molecular complexity index is 478. The van der Waals surface area contributed by atoms with Crippen molar-refractivity contribution in [3.8, 4) is 0 Å². The summed E-state index contributed by atoms with van der Waals surface area (Å²) in [6.07, 6.45) is 2.76. The van der Waals surface area contributed by atoms with E-state index in [1.165, 1.54) is 29.2 Å². The molecule has 0 heteroatoms. The zero-order valence-corrected chi connectivity index (χ0v) is 8.46. The van der Waals surface area contributed by atoms with Crippen molar-refractivity contribution in [3.63, 3.8) is 0 Å². The summed E-state index contributed by atoms with van der Waals surface area (Å²) in [5.41, 5.74) is 2.96. The first-order valence-corrected chi connectivity index (χ1v) is 5.34. The highest BCUT2D eigenvalue weighted by Gasteiger charge is 2.25. The third kappa shape index (κ3) is 1.22. The summed E-state index contributed by atoms with van der Waals surface area (Å²) in [5, 5.41) is 2.86. The van der Waals surface area contributed by atoms with Crippen molar-refractivity contribution in [3.05, 3.63) is 47.5 Å². The molecule has 0 radical (unpaired) electrons. The van der Waals surface area contributed by atoms with Gasteiger partial charge in [-0.1, -0.05) is 42.0 Å². The maximum absolute atomic E-state index is 2.36. The van der Waals surface area contributed by atoms with Gasteiger partial charge in [-0.3, -0.25) is 0 Å². The van der Waals surface area contributed by atoms with Gasteiger partial charge in [0.1, 0.15) is 0 Å². The van der Waals surface area contributed by atoms with Gasteiger partial charge >= 0.3 is 0 Å². The molecule has 0 amide bonds. The van der Waals surface area contributed by atoms with Gasteiger partial charge in [0.15, 0.2) is 0 Å². The SMILES string of the molecule is Cc1cc(C2CC2)c2ccccc2c1. The van der Waals surface area contributed by atoms with E-state index in [1.807, 2.05) is 0 Å². The Morgan fingerprint density at radius 1 is 1.07 bits per heavy atom. The van der Waals surface area contributed by atoms with Crippen LogP contribution in [0.4, 0.5) is 0 Å². The van der Waals surface area contributed by atoms with Crippen LogP contribution in [0, 0.1) is 6.92 Å². The molecular formula is C14H14. The predicted octanol–water partition coefficient (Wildman–Crippen LogP) is 4.03. The van der Waals surface area contributed by atoms with Crippen LogP contribution in [-0.4, -0.2) is 0 Å². The van der Waals surface area contributed by atoms with Crippen LogP contribution < -0.4 is 0 Å². The van der Waals surface area contributed by atoms with E-state index >= 15 is 0 Å². The van der Waals surface area contributed by atoms with Gasteiger partial charge in [-0.05, 0) is 42.0 Å². The minimum Gasteiger partial charge on any atom is -0.0616 e. The molecule has 0 nitrogen and oxygen atoms in total. The summed E-state index contributed by atoms with van der Waals surface area (Å²) < 4.78 is 0. The Hall–Kier alpha value is -1.30. The number of hydrogen-bond donors (Lipinski definition) is 0. The molecule has 2 aromatic carbocycles. The van der Waals surface area contributed by atoms with Gasteiger partial charge in [0.25, 0.3) is 0 Å². The molecule has 0 aliphatic heterocycles. The highest BCUT2D eigenvalue weighted by atomic mass is 14.3. The molecule has 1 aliphatic carbocycles. The molecule has 0 aromatic heterocycles. The number of benzene rings is 2. The van der Waals surface area contributed by atoms with Gasteiger partial charge in [0.2, 0.25) is 0 Å². The van der Waals surface area contributed by atoms with Gasteiger partial charge in [-0.25, -0.2) is 0 Å². The third-order valence-electron chi connectivity index (χ3n) is 3.06. The molecule has 0 bridgehead atoms. The van der Waals surface area contributed by atoms with E-state index in [4.69, 9.17) is 0 Å². The summed E-state index contributed by atoms with van der Waals surface area (Å²) in [5.74, 6) is 0.847. The molecule has 0 N–H and O–H groups in total. The zero-order chi connectivity index (χ0) is 9.54. The number of hydrogen-bond acceptors (Lipinski definition) is 0. The van der Waals surface area contributed by atoms with Crippen LogP contribution in [0.2, 0.25) is 0 Å². The monoisotopic (exact) mass is 182 g/mol. The molecule has 0 atom stereocenters. The maximum Gasteiger partial charge on any atom is -0.0149 e. The van der Waals surface area contributed by atoms with Crippen molar-refractivity contribution >= 4 is 10.8 Å². The molecule has 1 saturated carbocycles. The molecule has 1 fully saturated rings. The molecule has 2 aromatic rings. The van der Waals surface area contributed by atoms with E-state index in [0.29, 0.717) is 0 Å². The fourth-order valence-corrected chi connectivity index (χ4v) is 2.23. The Kier molecular flexibility index (Phi) is 1.63. The normalized spacial score (nSPS) is 16.1. The van der Waals surface area contributed by atoms with Crippen molar-refractivity contribution in [2.24, 2.45) is 0 Å². The fraction of sp³-hybridized carbons (Fsp3) is 0.286. The second-order valence-corrected chi connectivity index (χ2v) is 4.35. The summed E-state index contributed by atoms with van der Waals surface area (Å²) in [4.78, 5) is 0. The first kappa shape index (κ1) is 8.05. The van der Waals surface area contributed by atoms with E-state index in [9.17, 15) is 0 Å². The predicted molar refractivity (Wildman–Crippen MR) is 60.7 cm³/mol. The Balaban J connectivity index is 2.34. The second kappa shape index (κ2) is 2.84. The zero-order valence-electron chi connectivity index (χ0n) is 8.46. The molecular weight excluding hydrogens is 168 g/mol. The highest BCUT2D eigenvalue weighted by molar-refractivity contribution is 5.87. The minimum absolute atomic E-state index is 0.847. The maximum atomic E-state index is 2.36. The minimum atomic E-state index is 0.847. The standard InChI is InChI=1S/C14H14/c1-10-8-12-4-2-3-5-13(12)14(9-10)11-6-7-11/h2-5,8-9,11H,6-7H2,1H3. The van der Waals surface area contributed by atoms with E-state index in [1.54, 1.807) is 5.56 Å². The Morgan fingerprint density at radius 2 is 1.86 bits per heavy atom. The van der Waals surface area contributed by atoms with Crippen molar-refractivity contribution < 1.29 is 0 Å². The second-order valence-electron chi connectivity index (χ2n) is 4.35. The molecule has 1 aliphatic rings. The lowest BCUT2D eigenvalue weighted by molar-refractivity contribution is 1.14. The summed E-state index contributed by atoms with van der Waals surface area (Å²) in [6.45, 7) is 2.19. The van der Waals surface area contributed by atoms with Crippen molar-refractivity contribution in [2.45, 2.75) is 25.7 Å². The highest BCUT2D eigenvalue weighted by Crippen LogP contribution is 2.43. The van der Waals surface area contributed by atoms with Gasteiger partial charge in [-0.2, -0.15) is 0 Å².